The van der Waals surface area contributed by atoms with E-state index in [2.05, 4.69) is 0 Å². The highest BCUT2D eigenvalue weighted by Crippen LogP contribution is 2.58. The fourth-order valence-electron chi connectivity index (χ4n) is 12.1. The van der Waals surface area contributed by atoms with E-state index < -0.39 is 139 Å². The Morgan fingerprint density at radius 2 is 0.591 bits per heavy atom. The van der Waals surface area contributed by atoms with Crippen molar-refractivity contribution in [3.05, 3.63) is 141 Å². The van der Waals surface area contributed by atoms with Crippen LogP contribution >= 0.6 is 0 Å². The van der Waals surface area contributed by atoms with Gasteiger partial charge in [0.2, 0.25) is 0 Å². The Labute approximate surface area is 499 Å². The van der Waals surface area contributed by atoms with Crippen LogP contribution in [0.25, 0.3) is 0 Å². The normalized spacial score (nSPS) is 17.4. The smallest absolute Gasteiger partial charge is 0.200 e. The molecule has 8 aromatic carbocycles. The molecule has 0 aromatic heterocycles. The van der Waals surface area contributed by atoms with Crippen LogP contribution in [-0.4, -0.2) is 112 Å². The first-order valence-electron chi connectivity index (χ1n) is 27.3. The Morgan fingerprint density at radius 1 is 0.330 bits per heavy atom. The van der Waals surface area contributed by atoms with Gasteiger partial charge in [-0.3, -0.25) is 0 Å². The monoisotopic (exact) mass is 1220 g/mol. The van der Waals surface area contributed by atoms with Gasteiger partial charge >= 0.3 is 0 Å². The summed E-state index contributed by atoms with van der Waals surface area (Å²) in [5.74, 6) is -15.8. The molecular weight excluding hydrogens is 1150 g/mol. The van der Waals surface area contributed by atoms with E-state index >= 15 is 0 Å². The largest absolute Gasteiger partial charge is 0.508 e. The van der Waals surface area contributed by atoms with Crippen LogP contribution in [0, 0.1) is 23.7 Å². The van der Waals surface area contributed by atoms with Crippen LogP contribution in [-0.2, 0) is 25.7 Å². The molecule has 0 bridgehead atoms. The number of phenols is 22. The third-order valence-corrected chi connectivity index (χ3v) is 16.3. The maximum absolute atomic E-state index is 11.3. The fourth-order valence-corrected chi connectivity index (χ4v) is 12.1. The Morgan fingerprint density at radius 3 is 0.864 bits per heavy atom. The van der Waals surface area contributed by atoms with Crippen molar-refractivity contribution in [2.45, 2.75) is 77.4 Å². The highest BCUT2D eigenvalue weighted by atomic mass is 16.5. The zero-order chi connectivity index (χ0) is 64.4. The zero-order valence-electron chi connectivity index (χ0n) is 47.2. The molecule has 24 heteroatoms. The lowest BCUT2D eigenvalue weighted by molar-refractivity contribution is 0.118. The van der Waals surface area contributed by atoms with Gasteiger partial charge in [0.1, 0.15) is 81.2 Å². The third-order valence-electron chi connectivity index (χ3n) is 16.3. The summed E-state index contributed by atoms with van der Waals surface area (Å²) in [4.78, 5) is 0. The Hall–Kier alpha value is -11.0. The van der Waals surface area contributed by atoms with Crippen molar-refractivity contribution in [1.82, 2.24) is 0 Å². The lowest BCUT2D eigenvalue weighted by atomic mass is 9.75. The first-order valence-corrected chi connectivity index (χ1v) is 27.3. The van der Waals surface area contributed by atoms with E-state index in [0.717, 1.165) is 36.4 Å². The Balaban J connectivity index is 0.000000209. The highest BCUT2D eigenvalue weighted by Gasteiger charge is 2.41. The average Bonchev–Trinajstić information content (AvgIpc) is 1.34. The number of benzene rings is 8. The summed E-state index contributed by atoms with van der Waals surface area (Å²) in [6, 6.07) is 16.0. The van der Waals surface area contributed by atoms with Crippen LogP contribution in [0.5, 0.6) is 138 Å². The first kappa shape index (κ1) is 61.5. The van der Waals surface area contributed by atoms with Crippen LogP contribution in [0.3, 0.4) is 0 Å². The number of hydrogen-bond acceptors (Lipinski definition) is 24. The molecule has 0 fully saturated rings. The average molecular weight is 1220 g/mol. The molecule has 0 saturated carbocycles. The molecule has 24 nitrogen and oxygen atoms in total. The highest BCUT2D eigenvalue weighted by molar-refractivity contribution is 5.66. The number of rotatable bonds is 12. The second kappa shape index (κ2) is 23.4. The molecule has 0 amide bonds. The van der Waals surface area contributed by atoms with Crippen molar-refractivity contribution in [3.63, 3.8) is 0 Å². The molecule has 88 heavy (non-hydrogen) atoms. The second-order valence-corrected chi connectivity index (χ2v) is 22.6. The molecule has 0 radical (unpaired) electrons. The minimum absolute atomic E-state index is 0.0284. The summed E-state index contributed by atoms with van der Waals surface area (Å²) >= 11 is 0. The number of fused-ring (bicyclic) bond motifs is 2. The summed E-state index contributed by atoms with van der Waals surface area (Å²) in [6.07, 6.45) is -1.45. The molecular formula is C64H64O24. The summed E-state index contributed by atoms with van der Waals surface area (Å²) < 4.78 is 12.8. The van der Waals surface area contributed by atoms with Crippen LogP contribution in [0.4, 0.5) is 0 Å². The van der Waals surface area contributed by atoms with Crippen molar-refractivity contribution in [1.29, 1.82) is 0 Å². The fraction of sp³-hybridized carbons (Fsp3) is 0.250. The molecule has 0 unspecified atom stereocenters. The van der Waals surface area contributed by atoms with Crippen LogP contribution in [0.15, 0.2) is 84.9 Å². The zero-order valence-corrected chi connectivity index (χ0v) is 47.2. The standard InChI is InChI=1S/2C32H32O12/c2*1-12(3-17-19(34)9-16(33)10-20(17)35)27(14-5-23(38)29(42)24(39)6-14)28-22(37)11-21(36)18-4-13(2)31(44-32(18)28)15-7-25(40)30(43)26(41)8-15/h2*5-13,27,31,33-43H,3-4H2,1-2H3/t12-,13-,27+,31+;12-,13-,27-,31+/m11/s1. The molecule has 0 spiro atoms. The van der Waals surface area contributed by atoms with Crippen molar-refractivity contribution >= 4 is 0 Å². The van der Waals surface area contributed by atoms with Gasteiger partial charge in [0.15, 0.2) is 69.0 Å². The lowest BCUT2D eigenvalue weighted by Crippen LogP contribution is -2.26. The Bertz CT molecular complexity index is 3650. The molecule has 0 aliphatic carbocycles. The Kier molecular flexibility index (Phi) is 16.4. The number of phenolic OH excluding ortho intramolecular Hbond substituents is 22. The van der Waals surface area contributed by atoms with Gasteiger partial charge in [0.25, 0.3) is 0 Å². The maximum atomic E-state index is 11.3. The molecule has 0 saturated heterocycles. The lowest BCUT2D eigenvalue weighted by Gasteiger charge is -2.36. The topological polar surface area (TPSA) is 464 Å². The van der Waals surface area contributed by atoms with E-state index in [0.29, 0.717) is 11.1 Å². The van der Waals surface area contributed by atoms with Gasteiger partial charge in [0.05, 0.1) is 0 Å². The molecule has 8 aromatic rings. The third kappa shape index (κ3) is 11.5. The van der Waals surface area contributed by atoms with E-state index in [1.807, 2.05) is 0 Å². The van der Waals surface area contributed by atoms with Crippen molar-refractivity contribution in [2.75, 3.05) is 0 Å². The SMILES string of the molecule is C[C@H](Cc1c(O)cc(O)cc1O)[C@@H](c1cc(O)c(O)c(O)c1)c1c(O)cc(O)c2c1O[C@H](c1cc(O)c(O)c(O)c1)[C@H](C)C2.C[C@H](Cc1c(O)cc(O)cc1O)[C@H](c1cc(O)c(O)c(O)c1)c1c(O)cc(O)c2c1O[C@H](c1cc(O)c(O)c(O)c1)[C@H](C)C2. The summed E-state index contributed by atoms with van der Waals surface area (Å²) in [6.45, 7) is 6.98. The molecule has 10 rings (SSSR count). The van der Waals surface area contributed by atoms with E-state index in [4.69, 9.17) is 9.47 Å². The molecule has 2 aliphatic heterocycles. The maximum Gasteiger partial charge on any atom is 0.200 e. The van der Waals surface area contributed by atoms with E-state index in [-0.39, 0.29) is 117 Å². The van der Waals surface area contributed by atoms with Gasteiger partial charge < -0.3 is 122 Å². The molecule has 464 valence electrons. The number of aromatic hydroxyl groups is 22. The van der Waals surface area contributed by atoms with E-state index in [1.165, 1.54) is 48.5 Å². The summed E-state index contributed by atoms with van der Waals surface area (Å²) in [5, 5.41) is 228. The summed E-state index contributed by atoms with van der Waals surface area (Å²) in [7, 11) is 0. The van der Waals surface area contributed by atoms with Crippen molar-refractivity contribution in [2.24, 2.45) is 23.7 Å². The van der Waals surface area contributed by atoms with Gasteiger partial charge in [-0.05, 0) is 97.2 Å². The van der Waals surface area contributed by atoms with Gasteiger partial charge in [0, 0.05) is 105 Å². The van der Waals surface area contributed by atoms with Crippen molar-refractivity contribution in [3.8, 4) is 138 Å². The quantitative estimate of drug-likeness (QED) is 0.0506. The van der Waals surface area contributed by atoms with Crippen molar-refractivity contribution < 1.29 is 122 Å². The van der Waals surface area contributed by atoms with E-state index in [9.17, 15) is 112 Å². The molecule has 8 atom stereocenters. The summed E-state index contributed by atoms with van der Waals surface area (Å²) in [5.41, 5.74) is 1.87. The number of hydrogen-bond donors (Lipinski definition) is 22. The first-order chi connectivity index (χ1) is 41.3. The van der Waals surface area contributed by atoms with Gasteiger partial charge in [-0.15, -0.1) is 0 Å². The predicted molar refractivity (Wildman–Crippen MR) is 310 cm³/mol. The van der Waals surface area contributed by atoms with Gasteiger partial charge in [-0.1, -0.05) is 27.7 Å². The predicted octanol–water partition coefficient (Wildman–Crippen LogP) is 9.54. The van der Waals surface area contributed by atoms with Crippen LogP contribution in [0.1, 0.15) is 107 Å². The molecule has 2 aliphatic rings. The molecule has 22 N–H and O–H groups in total. The van der Waals surface area contributed by atoms with Gasteiger partial charge in [-0.2, -0.15) is 0 Å². The second-order valence-electron chi connectivity index (χ2n) is 22.6. The molecule has 2 heterocycles. The van der Waals surface area contributed by atoms with Crippen LogP contribution < -0.4 is 9.47 Å². The minimum atomic E-state index is -0.995. The minimum Gasteiger partial charge on any atom is -0.508 e. The number of ether oxygens (including phenoxy) is 2. The van der Waals surface area contributed by atoms with Crippen LogP contribution in [0.2, 0.25) is 0 Å². The van der Waals surface area contributed by atoms with E-state index in [1.54, 1.807) is 27.7 Å². The van der Waals surface area contributed by atoms with Gasteiger partial charge in [-0.25, -0.2) is 0 Å².